The predicted octanol–water partition coefficient (Wildman–Crippen LogP) is 2.82. The van der Waals surface area contributed by atoms with Gasteiger partial charge in [-0.2, -0.15) is 0 Å². The Balaban J connectivity index is 1.63. The van der Waals surface area contributed by atoms with Crippen LogP contribution in [0.5, 0.6) is 0 Å². The Morgan fingerprint density at radius 3 is 2.76 bits per heavy atom. The van der Waals surface area contributed by atoms with Crippen molar-refractivity contribution in [1.82, 2.24) is 0 Å². The van der Waals surface area contributed by atoms with Gasteiger partial charge in [0, 0.05) is 29.2 Å². The molecule has 25 heavy (non-hydrogen) atoms. The highest BCUT2D eigenvalue weighted by atomic mass is 16.5. The first-order valence-corrected chi connectivity index (χ1v) is 9.43. The van der Waals surface area contributed by atoms with Crippen LogP contribution in [0.3, 0.4) is 0 Å². The smallest absolute Gasteiger partial charge is 0.334 e. The van der Waals surface area contributed by atoms with E-state index in [4.69, 9.17) is 9.47 Å². The second-order valence-corrected chi connectivity index (χ2v) is 8.64. The summed E-state index contributed by atoms with van der Waals surface area (Å²) >= 11 is 0. The number of hydrogen-bond donors (Lipinski definition) is 0. The number of cyclic esters (lactones) is 2. The van der Waals surface area contributed by atoms with Gasteiger partial charge in [0.1, 0.15) is 12.4 Å². The first-order valence-electron chi connectivity index (χ1n) is 9.43. The van der Waals surface area contributed by atoms with Crippen LogP contribution in [0, 0.1) is 28.6 Å². The van der Waals surface area contributed by atoms with Gasteiger partial charge in [-0.25, -0.2) is 4.79 Å². The first-order chi connectivity index (χ1) is 11.9. The Hall–Kier alpha value is -1.65. The molecule has 4 aliphatic rings. The zero-order valence-electron chi connectivity index (χ0n) is 15.0. The molecule has 0 radical (unpaired) electrons. The van der Waals surface area contributed by atoms with E-state index in [-0.39, 0.29) is 40.9 Å². The summed E-state index contributed by atoms with van der Waals surface area (Å²) in [6, 6.07) is 0. The number of rotatable bonds is 3. The molecule has 2 saturated heterocycles. The molecule has 4 rings (SSSR count). The van der Waals surface area contributed by atoms with Gasteiger partial charge in [0.05, 0.1) is 13.0 Å². The number of esters is 2. The highest BCUT2D eigenvalue weighted by Gasteiger charge is 2.63. The van der Waals surface area contributed by atoms with Gasteiger partial charge >= 0.3 is 11.9 Å². The quantitative estimate of drug-likeness (QED) is 0.735. The number of allylic oxidation sites excluding steroid dienone is 1. The normalized spacial score (nSPS) is 43.2. The lowest BCUT2D eigenvalue weighted by atomic mass is 9.46. The molecule has 0 N–H and O–H groups in total. The molecule has 0 aromatic carbocycles. The van der Waals surface area contributed by atoms with E-state index in [1.54, 1.807) is 0 Å². The van der Waals surface area contributed by atoms with E-state index in [0.717, 1.165) is 31.3 Å². The fraction of sp³-hybridized carbons (Fsp3) is 0.750. The van der Waals surface area contributed by atoms with E-state index >= 15 is 0 Å². The van der Waals surface area contributed by atoms with Crippen LogP contribution in [0.2, 0.25) is 0 Å². The summed E-state index contributed by atoms with van der Waals surface area (Å²) in [5, 5.41) is 0. The third kappa shape index (κ3) is 2.38. The Morgan fingerprint density at radius 2 is 2.04 bits per heavy atom. The predicted molar refractivity (Wildman–Crippen MR) is 89.4 cm³/mol. The number of Topliss-reactive ketones (excluding diaryl/α,β-unsaturated/α-hetero) is 1. The van der Waals surface area contributed by atoms with E-state index < -0.39 is 5.41 Å². The van der Waals surface area contributed by atoms with Crippen molar-refractivity contribution in [2.24, 2.45) is 28.6 Å². The SMILES string of the molecule is C[C@H]1C(=O)C[C@@]23COC(=O)C2=CCC[C@@H]3[C@]1(C)CC[C@H]1COC(=O)C1. The first kappa shape index (κ1) is 16.8. The van der Waals surface area contributed by atoms with Crippen LogP contribution in [0.15, 0.2) is 11.6 Å². The summed E-state index contributed by atoms with van der Waals surface area (Å²) < 4.78 is 10.5. The molecule has 0 aromatic heterocycles. The van der Waals surface area contributed by atoms with Gasteiger partial charge < -0.3 is 9.47 Å². The molecule has 2 aliphatic carbocycles. The number of ketones is 1. The third-order valence-corrected chi connectivity index (χ3v) is 7.47. The zero-order chi connectivity index (χ0) is 17.8. The molecule has 0 aromatic rings. The molecular weight excluding hydrogens is 320 g/mol. The topological polar surface area (TPSA) is 69.7 Å². The standard InChI is InChI=1S/C20H26O5/c1-12-15(21)9-20-11-25-18(23)14(20)4-3-5-16(20)19(12,2)7-6-13-8-17(22)24-10-13/h4,12-13,16H,3,5-11H2,1-2H3/t12-,13+,16+,19+,20+/m0/s1. The van der Waals surface area contributed by atoms with Crippen molar-refractivity contribution in [3.63, 3.8) is 0 Å². The van der Waals surface area contributed by atoms with Crippen molar-refractivity contribution >= 4 is 17.7 Å². The lowest BCUT2D eigenvalue weighted by Crippen LogP contribution is -2.55. The van der Waals surface area contributed by atoms with Crippen molar-refractivity contribution in [3.05, 3.63) is 11.6 Å². The zero-order valence-corrected chi connectivity index (χ0v) is 15.0. The molecule has 2 aliphatic heterocycles. The second-order valence-electron chi connectivity index (χ2n) is 8.64. The summed E-state index contributed by atoms with van der Waals surface area (Å²) in [7, 11) is 0. The van der Waals surface area contributed by atoms with Crippen molar-refractivity contribution in [3.8, 4) is 0 Å². The van der Waals surface area contributed by atoms with Gasteiger partial charge in [-0.05, 0) is 37.0 Å². The Bertz CT molecular complexity index is 665. The fourth-order valence-electron chi connectivity index (χ4n) is 5.82. The van der Waals surface area contributed by atoms with Crippen LogP contribution in [-0.2, 0) is 23.9 Å². The average molecular weight is 346 g/mol. The molecule has 5 atom stereocenters. The third-order valence-electron chi connectivity index (χ3n) is 7.47. The molecule has 136 valence electrons. The monoisotopic (exact) mass is 346 g/mol. The van der Waals surface area contributed by atoms with Crippen LogP contribution in [0.1, 0.15) is 52.4 Å². The molecule has 2 heterocycles. The van der Waals surface area contributed by atoms with E-state index in [1.165, 1.54) is 0 Å². The summed E-state index contributed by atoms with van der Waals surface area (Å²) in [5.74, 6) is 0.391. The van der Waals surface area contributed by atoms with Gasteiger partial charge in [-0.1, -0.05) is 19.9 Å². The van der Waals surface area contributed by atoms with E-state index in [1.807, 2.05) is 13.0 Å². The minimum Gasteiger partial charge on any atom is -0.465 e. The van der Waals surface area contributed by atoms with Crippen molar-refractivity contribution < 1.29 is 23.9 Å². The average Bonchev–Trinajstić information content (AvgIpc) is 3.15. The van der Waals surface area contributed by atoms with Crippen molar-refractivity contribution in [2.45, 2.75) is 52.4 Å². The molecule has 5 nitrogen and oxygen atoms in total. The minimum atomic E-state index is -0.421. The highest BCUT2D eigenvalue weighted by molar-refractivity contribution is 5.95. The van der Waals surface area contributed by atoms with E-state index in [0.29, 0.717) is 26.1 Å². The summed E-state index contributed by atoms with van der Waals surface area (Å²) in [5.41, 5.74) is 0.152. The minimum absolute atomic E-state index is 0.0313. The van der Waals surface area contributed by atoms with Gasteiger partial charge in [0.2, 0.25) is 0 Å². The van der Waals surface area contributed by atoms with Crippen LogP contribution in [0.25, 0.3) is 0 Å². The Labute approximate surface area is 148 Å². The van der Waals surface area contributed by atoms with Crippen molar-refractivity contribution in [1.29, 1.82) is 0 Å². The molecule has 0 unspecified atom stereocenters. The Kier molecular flexibility index (Phi) is 3.82. The van der Waals surface area contributed by atoms with Crippen LogP contribution in [0.4, 0.5) is 0 Å². The number of carbonyl (C=O) groups excluding carboxylic acids is 3. The lowest BCUT2D eigenvalue weighted by Gasteiger charge is -2.55. The van der Waals surface area contributed by atoms with Crippen molar-refractivity contribution in [2.75, 3.05) is 13.2 Å². The van der Waals surface area contributed by atoms with Crippen LogP contribution < -0.4 is 0 Å². The highest BCUT2D eigenvalue weighted by Crippen LogP contribution is 2.63. The van der Waals surface area contributed by atoms with E-state index in [2.05, 4.69) is 6.92 Å². The second kappa shape index (κ2) is 5.68. The van der Waals surface area contributed by atoms with Gasteiger partial charge in [-0.3, -0.25) is 9.59 Å². The molecule has 5 heteroatoms. The largest absolute Gasteiger partial charge is 0.465 e. The van der Waals surface area contributed by atoms with Gasteiger partial charge in [0.15, 0.2) is 0 Å². The fourth-order valence-corrected chi connectivity index (χ4v) is 5.82. The molecule has 3 fully saturated rings. The lowest BCUT2D eigenvalue weighted by molar-refractivity contribution is -0.145. The maximum Gasteiger partial charge on any atom is 0.334 e. The molecule has 0 bridgehead atoms. The molecule has 1 spiro atoms. The molecular formula is C20H26O5. The maximum absolute atomic E-state index is 12.9. The summed E-state index contributed by atoms with van der Waals surface area (Å²) in [6.07, 6.45) is 6.55. The van der Waals surface area contributed by atoms with Crippen LogP contribution in [-0.4, -0.2) is 30.9 Å². The molecule has 1 saturated carbocycles. The van der Waals surface area contributed by atoms with E-state index in [9.17, 15) is 14.4 Å². The van der Waals surface area contributed by atoms with Crippen LogP contribution >= 0.6 is 0 Å². The van der Waals surface area contributed by atoms with Gasteiger partial charge in [-0.15, -0.1) is 0 Å². The number of ether oxygens (including phenoxy) is 2. The number of carbonyl (C=O) groups is 3. The van der Waals surface area contributed by atoms with Gasteiger partial charge in [0.25, 0.3) is 0 Å². The number of hydrogen-bond acceptors (Lipinski definition) is 5. The summed E-state index contributed by atoms with van der Waals surface area (Å²) in [6.45, 7) is 5.10. The maximum atomic E-state index is 12.9. The summed E-state index contributed by atoms with van der Waals surface area (Å²) in [4.78, 5) is 36.5. The Morgan fingerprint density at radius 1 is 1.24 bits per heavy atom. The molecule has 0 amide bonds.